The Bertz CT molecular complexity index is 1530. The number of hydrogen-bond donors (Lipinski definition) is 2. The number of halogens is 1. The molecular weight excluding hydrogens is 656 g/mol. The first-order chi connectivity index (χ1) is 20.7. The summed E-state index contributed by atoms with van der Waals surface area (Å²) in [5, 5.41) is 12.7. The second kappa shape index (κ2) is 14.2. The Kier molecular flexibility index (Phi) is 10.4. The van der Waals surface area contributed by atoms with Crippen molar-refractivity contribution in [2.45, 2.75) is 62.8 Å². The highest BCUT2D eigenvalue weighted by Crippen LogP contribution is 2.46. The van der Waals surface area contributed by atoms with Gasteiger partial charge < -0.3 is 19.9 Å². The van der Waals surface area contributed by atoms with Crippen molar-refractivity contribution in [2.75, 3.05) is 25.0 Å². The Morgan fingerprint density at radius 1 is 1.00 bits per heavy atom. The van der Waals surface area contributed by atoms with E-state index in [1.54, 1.807) is 4.31 Å². The first-order valence-electron chi connectivity index (χ1n) is 14.5. The van der Waals surface area contributed by atoms with Crippen molar-refractivity contribution < 1.29 is 32.6 Å². The Morgan fingerprint density at radius 2 is 1.72 bits per heavy atom. The van der Waals surface area contributed by atoms with E-state index < -0.39 is 28.6 Å². The van der Waals surface area contributed by atoms with Crippen molar-refractivity contribution in [2.24, 2.45) is 0 Å². The number of rotatable bonds is 11. The number of hydrogen-bond acceptors (Lipinski definition) is 8. The Hall–Kier alpha value is -2.93. The number of carboxylic acids is 1. The van der Waals surface area contributed by atoms with Gasteiger partial charge in [-0.2, -0.15) is 0 Å². The van der Waals surface area contributed by atoms with Crippen LogP contribution in [0.25, 0.3) is 10.4 Å². The molecular formula is C31H35BrN2O7S2. The third-order valence-corrected chi connectivity index (χ3v) is 11.8. The number of carbonyl (C=O) groups is 2. The monoisotopic (exact) mass is 690 g/mol. The second-order valence-corrected chi connectivity index (χ2v) is 14.7. The Morgan fingerprint density at radius 3 is 2.42 bits per heavy atom. The zero-order chi connectivity index (χ0) is 30.4. The van der Waals surface area contributed by atoms with Gasteiger partial charge in [0.1, 0.15) is 6.10 Å². The maximum Gasteiger partial charge on any atom is 0.352 e. The number of carbonyl (C=O) groups excluding carboxylic acids is 1. The summed E-state index contributed by atoms with van der Waals surface area (Å²) in [4.78, 5) is 25.4. The van der Waals surface area contributed by atoms with Gasteiger partial charge in [-0.3, -0.25) is 0 Å². The van der Waals surface area contributed by atoms with E-state index in [0.29, 0.717) is 30.4 Å². The minimum Gasteiger partial charge on any atom is -0.479 e. The smallest absolute Gasteiger partial charge is 0.352 e. The van der Waals surface area contributed by atoms with Gasteiger partial charge in [-0.05, 0) is 77.7 Å². The van der Waals surface area contributed by atoms with Crippen LogP contribution in [0.1, 0.15) is 60.2 Å². The van der Waals surface area contributed by atoms with Gasteiger partial charge >= 0.3 is 11.9 Å². The number of anilines is 1. The number of carboxylic acid groups (broad SMARTS) is 1. The third-order valence-electron chi connectivity index (χ3n) is 7.70. The number of nitrogens with one attached hydrogen (secondary N) is 1. The molecule has 2 fully saturated rings. The Balaban J connectivity index is 1.27. The molecule has 0 spiro atoms. The molecule has 2 aliphatic rings. The van der Waals surface area contributed by atoms with Crippen molar-refractivity contribution in [3.8, 4) is 16.2 Å². The highest BCUT2D eigenvalue weighted by atomic mass is 79.9. The lowest BCUT2D eigenvalue weighted by Crippen LogP contribution is -2.42. The summed E-state index contributed by atoms with van der Waals surface area (Å²) in [7, 11) is -3.39. The summed E-state index contributed by atoms with van der Waals surface area (Å²) >= 11 is 4.76. The number of sulfonamides is 1. The minimum absolute atomic E-state index is 0.00196. The largest absolute Gasteiger partial charge is 0.479 e. The molecule has 0 atom stereocenters. The van der Waals surface area contributed by atoms with Crippen LogP contribution in [0, 0.1) is 0 Å². The minimum atomic E-state index is -3.39. The van der Waals surface area contributed by atoms with Crippen molar-refractivity contribution in [3.63, 3.8) is 0 Å². The van der Waals surface area contributed by atoms with E-state index in [0.717, 1.165) is 53.8 Å². The first kappa shape index (κ1) is 31.5. The standard InChI is InChI=1S/C31H35BrN2O7S2/c32-27-28(40-19-26(35)36)30(31(37)41-25-12-5-2-6-13-25)42-29(27)22-10-7-11-24(18-22)33-23-14-16-34(17-15-23)43(38,39)20-21-8-3-1-4-9-21/h1,3-4,7-11,18,23,25,33H,2,5-6,12-17,19-20H2,(H,35,36). The molecule has 1 saturated heterocycles. The van der Waals surface area contributed by atoms with E-state index in [1.165, 1.54) is 11.3 Å². The predicted octanol–water partition coefficient (Wildman–Crippen LogP) is 6.54. The Labute approximate surface area is 264 Å². The van der Waals surface area contributed by atoms with E-state index in [-0.39, 0.29) is 28.5 Å². The highest BCUT2D eigenvalue weighted by molar-refractivity contribution is 9.10. The van der Waals surface area contributed by atoms with E-state index in [9.17, 15) is 23.1 Å². The van der Waals surface area contributed by atoms with Gasteiger partial charge in [-0.25, -0.2) is 22.3 Å². The number of piperidine rings is 1. The molecule has 2 heterocycles. The molecule has 0 unspecified atom stereocenters. The van der Waals surface area contributed by atoms with Gasteiger partial charge in [-0.1, -0.05) is 48.9 Å². The van der Waals surface area contributed by atoms with Crippen LogP contribution in [0.15, 0.2) is 59.1 Å². The number of aliphatic carboxylic acids is 1. The lowest BCUT2D eigenvalue weighted by Gasteiger charge is -2.32. The maximum atomic E-state index is 13.2. The molecule has 2 aromatic carbocycles. The number of nitrogens with zero attached hydrogens (tertiary/aromatic N) is 1. The summed E-state index contributed by atoms with van der Waals surface area (Å²) < 4.78 is 39.3. The summed E-state index contributed by atoms with van der Waals surface area (Å²) in [5.41, 5.74) is 2.46. The zero-order valence-corrected chi connectivity index (χ0v) is 26.9. The molecule has 230 valence electrons. The fourth-order valence-electron chi connectivity index (χ4n) is 5.51. The fraction of sp³-hybridized carbons (Fsp3) is 0.419. The quantitative estimate of drug-likeness (QED) is 0.218. The fourth-order valence-corrected chi connectivity index (χ4v) is 9.00. The van der Waals surface area contributed by atoms with Gasteiger partial charge in [0, 0.05) is 24.8 Å². The van der Waals surface area contributed by atoms with Gasteiger partial charge in [0.25, 0.3) is 0 Å². The molecule has 2 N–H and O–H groups in total. The summed E-state index contributed by atoms with van der Waals surface area (Å²) in [6, 6.07) is 17.0. The molecule has 1 saturated carbocycles. The third kappa shape index (κ3) is 8.17. The predicted molar refractivity (Wildman–Crippen MR) is 170 cm³/mol. The van der Waals surface area contributed by atoms with Crippen molar-refractivity contribution >= 4 is 54.9 Å². The summed E-state index contributed by atoms with van der Waals surface area (Å²) in [5.74, 6) is -1.48. The molecule has 12 heteroatoms. The topological polar surface area (TPSA) is 122 Å². The average Bonchev–Trinajstić information content (AvgIpc) is 3.33. The van der Waals surface area contributed by atoms with E-state index in [2.05, 4.69) is 21.2 Å². The average molecular weight is 692 g/mol. The van der Waals surface area contributed by atoms with Crippen LogP contribution >= 0.6 is 27.3 Å². The maximum absolute atomic E-state index is 13.2. The van der Waals surface area contributed by atoms with Crippen molar-refractivity contribution in [1.29, 1.82) is 0 Å². The lowest BCUT2D eigenvalue weighted by molar-refractivity contribution is -0.139. The molecule has 0 amide bonds. The van der Waals surface area contributed by atoms with E-state index in [4.69, 9.17) is 9.47 Å². The van der Waals surface area contributed by atoms with Gasteiger partial charge in [0.2, 0.25) is 10.0 Å². The van der Waals surface area contributed by atoms with E-state index >= 15 is 0 Å². The summed E-state index contributed by atoms with van der Waals surface area (Å²) in [6.45, 7) is 0.305. The highest BCUT2D eigenvalue weighted by Gasteiger charge is 2.30. The zero-order valence-electron chi connectivity index (χ0n) is 23.7. The SMILES string of the molecule is O=C(O)COc1c(C(=O)OC2CCCCC2)sc(-c2cccc(NC3CCN(S(=O)(=O)Cc4ccccc4)CC3)c2)c1Br. The molecule has 3 aromatic rings. The second-order valence-electron chi connectivity index (χ2n) is 10.9. The lowest BCUT2D eigenvalue weighted by atomic mass is 9.98. The molecule has 1 aromatic heterocycles. The van der Waals surface area contributed by atoms with E-state index in [1.807, 2.05) is 54.6 Å². The van der Waals surface area contributed by atoms with Crippen molar-refractivity contribution in [1.82, 2.24) is 4.31 Å². The molecule has 1 aliphatic heterocycles. The number of thiophene rings is 1. The molecule has 1 aliphatic carbocycles. The van der Waals surface area contributed by atoms with Gasteiger partial charge in [0.05, 0.1) is 15.1 Å². The summed E-state index contributed by atoms with van der Waals surface area (Å²) in [6.07, 6.45) is 6.00. The van der Waals surface area contributed by atoms with Gasteiger partial charge in [0.15, 0.2) is 17.2 Å². The molecule has 9 nitrogen and oxygen atoms in total. The van der Waals surface area contributed by atoms with Crippen LogP contribution in [-0.4, -0.2) is 61.6 Å². The van der Waals surface area contributed by atoms with Crippen LogP contribution in [-0.2, 0) is 25.3 Å². The van der Waals surface area contributed by atoms with Gasteiger partial charge in [-0.15, -0.1) is 11.3 Å². The molecule has 5 rings (SSSR count). The number of esters is 1. The first-order valence-corrected chi connectivity index (χ1v) is 17.7. The van der Waals surface area contributed by atoms with Crippen LogP contribution in [0.5, 0.6) is 5.75 Å². The van der Waals surface area contributed by atoms with Crippen LogP contribution in [0.3, 0.4) is 0 Å². The van der Waals surface area contributed by atoms with Crippen LogP contribution in [0.4, 0.5) is 5.69 Å². The number of benzene rings is 2. The number of ether oxygens (including phenoxy) is 2. The van der Waals surface area contributed by atoms with Crippen LogP contribution < -0.4 is 10.1 Å². The molecule has 43 heavy (non-hydrogen) atoms. The van der Waals surface area contributed by atoms with Crippen LogP contribution in [0.2, 0.25) is 0 Å². The van der Waals surface area contributed by atoms with Crippen molar-refractivity contribution in [3.05, 3.63) is 69.5 Å². The normalized spacial score (nSPS) is 17.0. The molecule has 0 bridgehead atoms. The molecule has 0 radical (unpaired) electrons.